The van der Waals surface area contributed by atoms with Crippen molar-refractivity contribution in [2.45, 2.75) is 133 Å². The molecule has 133 valence electrons. The topological polar surface area (TPSA) is 0 Å². The predicted octanol–water partition coefficient (Wildman–Crippen LogP) is 8.39. The molecule has 0 nitrogen and oxygen atoms in total. The Balaban J connectivity index is 3.72. The van der Waals surface area contributed by atoms with Gasteiger partial charge in [-0.3, -0.25) is 0 Å². The van der Waals surface area contributed by atoms with Crippen LogP contribution in [0.5, 0.6) is 0 Å². The molecule has 0 atom stereocenters. The van der Waals surface area contributed by atoms with E-state index in [0.717, 1.165) is 0 Å². The second-order valence-electron chi connectivity index (χ2n) is 7.24. The second kappa shape index (κ2) is 19.6. The molecule has 0 saturated heterocycles. The van der Waals surface area contributed by atoms with Gasteiger partial charge in [0.2, 0.25) is 0 Å². The minimum atomic E-state index is -0.675. The van der Waals surface area contributed by atoms with Crippen molar-refractivity contribution in [3.8, 4) is 0 Å². The summed E-state index contributed by atoms with van der Waals surface area (Å²) in [7, 11) is 0. The van der Waals surface area contributed by atoms with Crippen LogP contribution in [0.25, 0.3) is 0 Å². The zero-order valence-electron chi connectivity index (χ0n) is 16.2. The summed E-state index contributed by atoms with van der Waals surface area (Å²) >= 11 is -0.675. The first-order valence-electron chi connectivity index (χ1n) is 10.7. The summed E-state index contributed by atoms with van der Waals surface area (Å²) in [6.45, 7) is 6.98. The van der Waals surface area contributed by atoms with Crippen molar-refractivity contribution < 1.29 is 0 Å². The molecule has 1 heteroatoms. The van der Waals surface area contributed by atoms with Crippen LogP contribution in [0.4, 0.5) is 0 Å². The Morgan fingerprint density at radius 1 is 0.364 bits per heavy atom. The SMILES string of the molecule is CCCCCC[CH2][Ge]([CH2]CCCCCC)[CH2]CCCCCC. The molecule has 0 saturated carbocycles. The molecule has 0 aliphatic rings. The summed E-state index contributed by atoms with van der Waals surface area (Å²) < 4.78 is 0. The molecule has 22 heavy (non-hydrogen) atoms. The molecule has 0 fully saturated rings. The minimum absolute atomic E-state index is 0.675. The van der Waals surface area contributed by atoms with E-state index in [2.05, 4.69) is 20.8 Å². The Morgan fingerprint density at radius 2 is 0.636 bits per heavy atom. The third kappa shape index (κ3) is 16.9. The van der Waals surface area contributed by atoms with Gasteiger partial charge in [0, 0.05) is 0 Å². The first-order valence-corrected chi connectivity index (χ1v) is 15.1. The molecule has 1 radical (unpaired) electrons. The van der Waals surface area contributed by atoms with Crippen LogP contribution in [0.2, 0.25) is 15.8 Å². The van der Waals surface area contributed by atoms with Gasteiger partial charge in [0.1, 0.15) is 0 Å². The average molecular weight is 370 g/mol. The second-order valence-corrected chi connectivity index (χ2v) is 13.5. The van der Waals surface area contributed by atoms with Gasteiger partial charge in [-0.2, -0.15) is 0 Å². The van der Waals surface area contributed by atoms with E-state index in [1.54, 1.807) is 35.0 Å². The average Bonchev–Trinajstić information content (AvgIpc) is 2.53. The molecule has 0 amide bonds. The molecule has 0 aromatic rings. The van der Waals surface area contributed by atoms with Crippen LogP contribution >= 0.6 is 0 Å². The van der Waals surface area contributed by atoms with Crippen LogP contribution in [0, 0.1) is 0 Å². The first kappa shape index (κ1) is 22.5. The first-order chi connectivity index (χ1) is 10.8. The molecular formula is C21H45Ge. The zero-order chi connectivity index (χ0) is 16.3. The van der Waals surface area contributed by atoms with Crippen molar-refractivity contribution >= 4 is 14.3 Å². The number of hydrogen-bond acceptors (Lipinski definition) is 0. The van der Waals surface area contributed by atoms with E-state index in [1.807, 2.05) is 0 Å². The monoisotopic (exact) mass is 371 g/mol. The third-order valence-electron chi connectivity index (χ3n) is 4.90. The van der Waals surface area contributed by atoms with Gasteiger partial charge < -0.3 is 0 Å². The zero-order valence-corrected chi connectivity index (χ0v) is 18.3. The summed E-state index contributed by atoms with van der Waals surface area (Å²) in [6, 6.07) is 0. The molecule has 0 aliphatic carbocycles. The van der Waals surface area contributed by atoms with E-state index in [1.165, 1.54) is 77.0 Å². The van der Waals surface area contributed by atoms with Crippen molar-refractivity contribution in [1.82, 2.24) is 0 Å². The van der Waals surface area contributed by atoms with E-state index >= 15 is 0 Å². The van der Waals surface area contributed by atoms with Crippen molar-refractivity contribution in [2.24, 2.45) is 0 Å². The number of unbranched alkanes of at least 4 members (excludes halogenated alkanes) is 12. The molecule has 0 N–H and O–H groups in total. The quantitative estimate of drug-likeness (QED) is 0.168. The molecule has 0 aromatic heterocycles. The Labute approximate surface area is 147 Å². The maximum absolute atomic E-state index is 2.33. The summed E-state index contributed by atoms with van der Waals surface area (Å²) in [5, 5.41) is 5.06. The van der Waals surface area contributed by atoms with Gasteiger partial charge in [0.25, 0.3) is 0 Å². The fraction of sp³-hybridized carbons (Fsp3) is 1.00. The Bertz CT molecular complexity index is 157. The van der Waals surface area contributed by atoms with Gasteiger partial charge in [0.05, 0.1) is 0 Å². The van der Waals surface area contributed by atoms with Gasteiger partial charge in [-0.25, -0.2) is 0 Å². The van der Waals surface area contributed by atoms with Crippen LogP contribution < -0.4 is 0 Å². The molecule has 0 heterocycles. The summed E-state index contributed by atoms with van der Waals surface area (Å²) in [6.07, 6.45) is 22.3. The molecular weight excluding hydrogens is 325 g/mol. The van der Waals surface area contributed by atoms with Crippen LogP contribution in [-0.4, -0.2) is 14.3 Å². The Hall–Kier alpha value is 0.543. The fourth-order valence-electron chi connectivity index (χ4n) is 3.31. The Morgan fingerprint density at radius 3 is 0.909 bits per heavy atom. The third-order valence-corrected chi connectivity index (χ3v) is 11.6. The van der Waals surface area contributed by atoms with Gasteiger partial charge >= 0.3 is 147 Å². The van der Waals surface area contributed by atoms with Crippen molar-refractivity contribution in [3.05, 3.63) is 0 Å². The number of hydrogen-bond donors (Lipinski definition) is 0. The molecule has 0 rings (SSSR count). The fourth-order valence-corrected chi connectivity index (χ4v) is 9.60. The molecule has 0 spiro atoms. The van der Waals surface area contributed by atoms with E-state index in [4.69, 9.17) is 0 Å². The van der Waals surface area contributed by atoms with Crippen LogP contribution in [0.15, 0.2) is 0 Å². The van der Waals surface area contributed by atoms with E-state index in [9.17, 15) is 0 Å². The van der Waals surface area contributed by atoms with E-state index < -0.39 is 14.3 Å². The molecule has 0 bridgehead atoms. The van der Waals surface area contributed by atoms with E-state index in [0.29, 0.717) is 0 Å². The molecule has 0 unspecified atom stereocenters. The standard InChI is InChI=1S/C21H45Ge/c1-4-7-10-13-16-19-22(20-17-14-11-8-5-2)21-18-15-12-9-6-3/h4-21H2,1-3H3. The normalized spacial score (nSPS) is 11.5. The summed E-state index contributed by atoms with van der Waals surface area (Å²) in [5.74, 6) is 0. The van der Waals surface area contributed by atoms with Gasteiger partial charge in [0.15, 0.2) is 0 Å². The predicted molar refractivity (Wildman–Crippen MR) is 106 cm³/mol. The van der Waals surface area contributed by atoms with Crippen LogP contribution in [-0.2, 0) is 0 Å². The molecule has 0 aliphatic heterocycles. The van der Waals surface area contributed by atoms with Crippen molar-refractivity contribution in [2.75, 3.05) is 0 Å². The van der Waals surface area contributed by atoms with Gasteiger partial charge in [-0.05, 0) is 0 Å². The summed E-state index contributed by atoms with van der Waals surface area (Å²) in [5.41, 5.74) is 0. The van der Waals surface area contributed by atoms with Gasteiger partial charge in [-0.15, -0.1) is 0 Å². The maximum atomic E-state index is 2.33. The Kier molecular flexibility index (Phi) is 20.1. The molecule has 0 aromatic carbocycles. The van der Waals surface area contributed by atoms with Crippen LogP contribution in [0.1, 0.15) is 117 Å². The van der Waals surface area contributed by atoms with E-state index in [-0.39, 0.29) is 0 Å². The summed E-state index contributed by atoms with van der Waals surface area (Å²) in [4.78, 5) is 0. The van der Waals surface area contributed by atoms with Crippen molar-refractivity contribution in [3.63, 3.8) is 0 Å². The van der Waals surface area contributed by atoms with Crippen molar-refractivity contribution in [1.29, 1.82) is 0 Å². The van der Waals surface area contributed by atoms with Gasteiger partial charge in [-0.1, -0.05) is 0 Å². The van der Waals surface area contributed by atoms with Crippen LogP contribution in [0.3, 0.4) is 0 Å². The number of rotatable bonds is 18.